The molecule has 0 aromatic heterocycles. The molecule has 2 aromatic carbocycles. The van der Waals surface area contributed by atoms with Gasteiger partial charge in [0.1, 0.15) is 11.6 Å². The number of rotatable bonds is 5. The second kappa shape index (κ2) is 8.09. The number of anilines is 1. The standard InChI is InChI=1S/C19H14IN3O4/c1-26-16-11-12(10-15(20)17(16)27-8-7-21)9-14-18(24)22-23(19(14)25)13-5-3-2-4-6-13/h2-6,9-11H,8H2,1H3,(H,22,24)/b14-9-. The minimum atomic E-state index is -0.484. The number of benzene rings is 2. The topological polar surface area (TPSA) is 91.7 Å². The Balaban J connectivity index is 1.94. The SMILES string of the molecule is COc1cc(/C=C2/C(=O)NN(c3ccccc3)C2=O)cc(I)c1OCC#N. The Morgan fingerprint density at radius 2 is 2.00 bits per heavy atom. The van der Waals surface area contributed by atoms with Gasteiger partial charge < -0.3 is 9.47 Å². The van der Waals surface area contributed by atoms with E-state index in [1.807, 2.05) is 34.7 Å². The van der Waals surface area contributed by atoms with Gasteiger partial charge in [0.2, 0.25) is 0 Å². The molecule has 1 aliphatic heterocycles. The van der Waals surface area contributed by atoms with Gasteiger partial charge in [0.25, 0.3) is 11.8 Å². The summed E-state index contributed by atoms with van der Waals surface area (Å²) in [5, 5.41) is 9.90. The van der Waals surface area contributed by atoms with Gasteiger partial charge in [-0.15, -0.1) is 0 Å². The van der Waals surface area contributed by atoms with E-state index < -0.39 is 11.8 Å². The smallest absolute Gasteiger partial charge is 0.282 e. The number of hydrogen-bond acceptors (Lipinski definition) is 5. The van der Waals surface area contributed by atoms with Crippen LogP contribution < -0.4 is 19.9 Å². The summed E-state index contributed by atoms with van der Waals surface area (Å²) in [5.74, 6) is -0.0719. The molecule has 1 N–H and O–H groups in total. The highest BCUT2D eigenvalue weighted by Crippen LogP contribution is 2.35. The van der Waals surface area contributed by atoms with Crippen LogP contribution in [-0.4, -0.2) is 25.5 Å². The molecule has 0 aliphatic carbocycles. The highest BCUT2D eigenvalue weighted by Gasteiger charge is 2.34. The summed E-state index contributed by atoms with van der Waals surface area (Å²) in [5.41, 5.74) is 3.75. The number of para-hydroxylation sites is 1. The van der Waals surface area contributed by atoms with Crippen molar-refractivity contribution in [3.05, 3.63) is 57.2 Å². The Morgan fingerprint density at radius 1 is 1.26 bits per heavy atom. The van der Waals surface area contributed by atoms with Crippen molar-refractivity contribution in [3.8, 4) is 17.6 Å². The van der Waals surface area contributed by atoms with Crippen molar-refractivity contribution in [2.24, 2.45) is 0 Å². The molecule has 0 radical (unpaired) electrons. The van der Waals surface area contributed by atoms with Gasteiger partial charge in [-0.25, -0.2) is 5.01 Å². The number of carbonyl (C=O) groups is 2. The molecule has 8 heteroatoms. The predicted molar refractivity (Wildman–Crippen MR) is 107 cm³/mol. The summed E-state index contributed by atoms with van der Waals surface area (Å²) in [6, 6.07) is 14.1. The maximum absolute atomic E-state index is 12.6. The number of nitrogens with zero attached hydrogens (tertiary/aromatic N) is 2. The first-order chi connectivity index (χ1) is 13.0. The summed E-state index contributed by atoms with van der Waals surface area (Å²) in [6.07, 6.45) is 1.50. The van der Waals surface area contributed by atoms with E-state index in [1.165, 1.54) is 18.2 Å². The van der Waals surface area contributed by atoms with Crippen molar-refractivity contribution in [3.63, 3.8) is 0 Å². The lowest BCUT2D eigenvalue weighted by atomic mass is 10.1. The van der Waals surface area contributed by atoms with Gasteiger partial charge in [0, 0.05) is 0 Å². The fourth-order valence-electron chi connectivity index (χ4n) is 2.55. The van der Waals surface area contributed by atoms with E-state index in [4.69, 9.17) is 14.7 Å². The van der Waals surface area contributed by atoms with Crippen molar-refractivity contribution in [1.82, 2.24) is 5.43 Å². The molecule has 0 saturated carbocycles. The van der Waals surface area contributed by atoms with Crippen molar-refractivity contribution in [1.29, 1.82) is 5.26 Å². The van der Waals surface area contributed by atoms with E-state index in [9.17, 15) is 9.59 Å². The number of methoxy groups -OCH3 is 1. The number of hydrazine groups is 1. The van der Waals surface area contributed by atoms with Crippen LogP contribution >= 0.6 is 22.6 Å². The van der Waals surface area contributed by atoms with Crippen LogP contribution in [0.25, 0.3) is 6.08 Å². The van der Waals surface area contributed by atoms with Crippen LogP contribution in [0.3, 0.4) is 0 Å². The molecule has 1 saturated heterocycles. The van der Waals surface area contributed by atoms with Crippen LogP contribution in [0.5, 0.6) is 11.5 Å². The molecule has 0 unspecified atom stereocenters. The van der Waals surface area contributed by atoms with Gasteiger partial charge in [-0.1, -0.05) is 18.2 Å². The average molecular weight is 475 g/mol. The third kappa shape index (κ3) is 3.88. The van der Waals surface area contributed by atoms with E-state index >= 15 is 0 Å². The van der Waals surface area contributed by atoms with Crippen LogP contribution in [0, 0.1) is 14.9 Å². The van der Waals surface area contributed by atoms with Crippen LogP contribution in [0.2, 0.25) is 0 Å². The number of halogens is 1. The van der Waals surface area contributed by atoms with E-state index in [2.05, 4.69) is 5.43 Å². The molecule has 27 heavy (non-hydrogen) atoms. The van der Waals surface area contributed by atoms with Gasteiger partial charge >= 0.3 is 0 Å². The fourth-order valence-corrected chi connectivity index (χ4v) is 3.33. The zero-order valence-electron chi connectivity index (χ0n) is 14.2. The van der Waals surface area contributed by atoms with Gasteiger partial charge in [-0.3, -0.25) is 15.0 Å². The lowest BCUT2D eigenvalue weighted by Gasteiger charge is -2.14. The average Bonchev–Trinajstić information content (AvgIpc) is 2.95. The number of ether oxygens (including phenoxy) is 2. The maximum atomic E-state index is 12.6. The van der Waals surface area contributed by atoms with Crippen molar-refractivity contribution >= 4 is 46.2 Å². The molecule has 3 rings (SSSR count). The van der Waals surface area contributed by atoms with Crippen LogP contribution in [0.15, 0.2) is 48.0 Å². The minimum absolute atomic E-state index is 0.0161. The Hall–Kier alpha value is -3.06. The summed E-state index contributed by atoms with van der Waals surface area (Å²) in [6.45, 7) is -0.111. The first kappa shape index (κ1) is 18.7. The van der Waals surface area contributed by atoms with Crippen molar-refractivity contribution < 1.29 is 19.1 Å². The van der Waals surface area contributed by atoms with Gasteiger partial charge in [-0.2, -0.15) is 5.26 Å². The Kier molecular flexibility index (Phi) is 5.61. The zero-order chi connectivity index (χ0) is 19.4. The lowest BCUT2D eigenvalue weighted by Crippen LogP contribution is -2.35. The molecule has 136 valence electrons. The predicted octanol–water partition coefficient (Wildman–Crippen LogP) is 2.66. The van der Waals surface area contributed by atoms with E-state index in [1.54, 1.807) is 36.4 Å². The summed E-state index contributed by atoms with van der Waals surface area (Å²) >= 11 is 2.05. The molecule has 2 aromatic rings. The number of carbonyl (C=O) groups excluding carboxylic acids is 2. The summed E-state index contributed by atoms with van der Waals surface area (Å²) in [7, 11) is 1.48. The van der Waals surface area contributed by atoms with E-state index in [-0.39, 0.29) is 12.2 Å². The lowest BCUT2D eigenvalue weighted by molar-refractivity contribution is -0.117. The third-order valence-corrected chi connectivity index (χ3v) is 4.55. The van der Waals surface area contributed by atoms with Gasteiger partial charge in [0.05, 0.1) is 16.4 Å². The molecule has 0 bridgehead atoms. The van der Waals surface area contributed by atoms with E-state index in [0.717, 1.165) is 0 Å². The number of nitriles is 1. The summed E-state index contributed by atoms with van der Waals surface area (Å²) < 4.78 is 11.4. The molecule has 2 amide bonds. The first-order valence-electron chi connectivity index (χ1n) is 7.84. The van der Waals surface area contributed by atoms with Gasteiger partial charge in [0.15, 0.2) is 18.1 Å². The highest BCUT2D eigenvalue weighted by atomic mass is 127. The highest BCUT2D eigenvalue weighted by molar-refractivity contribution is 14.1. The Bertz CT molecular complexity index is 967. The Labute approximate surface area is 169 Å². The molecule has 0 atom stereocenters. The molecular formula is C19H14IN3O4. The van der Waals surface area contributed by atoms with Crippen molar-refractivity contribution in [2.75, 3.05) is 18.7 Å². The molecule has 1 heterocycles. The largest absolute Gasteiger partial charge is 0.493 e. The summed E-state index contributed by atoms with van der Waals surface area (Å²) in [4.78, 5) is 24.9. The maximum Gasteiger partial charge on any atom is 0.282 e. The van der Waals surface area contributed by atoms with Gasteiger partial charge in [-0.05, 0) is 58.5 Å². The second-order valence-corrected chi connectivity index (χ2v) is 6.62. The molecule has 1 fully saturated rings. The number of hydrogen-bond donors (Lipinski definition) is 1. The number of amides is 2. The van der Waals surface area contributed by atoms with Crippen molar-refractivity contribution in [2.45, 2.75) is 0 Å². The molecule has 7 nitrogen and oxygen atoms in total. The monoisotopic (exact) mass is 475 g/mol. The second-order valence-electron chi connectivity index (χ2n) is 5.46. The third-order valence-electron chi connectivity index (χ3n) is 3.75. The molecular weight excluding hydrogens is 461 g/mol. The number of nitrogens with one attached hydrogen (secondary N) is 1. The molecule has 0 spiro atoms. The van der Waals surface area contributed by atoms with Crippen LogP contribution in [-0.2, 0) is 9.59 Å². The Morgan fingerprint density at radius 3 is 2.67 bits per heavy atom. The fraction of sp³-hybridized carbons (Fsp3) is 0.105. The van der Waals surface area contributed by atoms with Crippen LogP contribution in [0.1, 0.15) is 5.56 Å². The minimum Gasteiger partial charge on any atom is -0.493 e. The first-order valence-corrected chi connectivity index (χ1v) is 8.92. The normalized spacial score (nSPS) is 14.9. The van der Waals surface area contributed by atoms with Crippen LogP contribution in [0.4, 0.5) is 5.69 Å². The van der Waals surface area contributed by atoms with E-state index in [0.29, 0.717) is 26.3 Å². The zero-order valence-corrected chi connectivity index (χ0v) is 16.4. The quantitative estimate of drug-likeness (QED) is 0.408. The molecule has 1 aliphatic rings.